The Labute approximate surface area is 103 Å². The molecule has 0 aliphatic carbocycles. The van der Waals surface area contributed by atoms with E-state index < -0.39 is 0 Å². The van der Waals surface area contributed by atoms with Crippen LogP contribution in [-0.2, 0) is 12.8 Å². The number of hydrogen-bond acceptors (Lipinski definition) is 0. The highest BCUT2D eigenvalue weighted by molar-refractivity contribution is 5.46. The Morgan fingerprint density at radius 2 is 2.12 bits per heavy atom. The molecule has 1 aliphatic heterocycles. The summed E-state index contributed by atoms with van der Waals surface area (Å²) in [6, 6.07) is 11.3. The summed E-state index contributed by atoms with van der Waals surface area (Å²) in [5, 5.41) is 0. The van der Waals surface area contributed by atoms with Gasteiger partial charge in [-0.25, -0.2) is 0 Å². The van der Waals surface area contributed by atoms with Crippen molar-refractivity contribution in [2.75, 3.05) is 0 Å². The Morgan fingerprint density at radius 1 is 1.24 bits per heavy atom. The summed E-state index contributed by atoms with van der Waals surface area (Å²) >= 11 is 0. The van der Waals surface area contributed by atoms with Gasteiger partial charge in [0, 0.05) is 17.6 Å². The molecular formula is C16H19N. The van der Waals surface area contributed by atoms with Crippen LogP contribution in [0.5, 0.6) is 0 Å². The van der Waals surface area contributed by atoms with Gasteiger partial charge in [-0.1, -0.05) is 31.0 Å². The zero-order valence-electron chi connectivity index (χ0n) is 10.6. The van der Waals surface area contributed by atoms with Crippen LogP contribution in [0.1, 0.15) is 30.2 Å². The quantitative estimate of drug-likeness (QED) is 0.693. The number of aromatic nitrogens is 1. The lowest BCUT2D eigenvalue weighted by molar-refractivity contribution is 0.505. The molecule has 1 aromatic heterocycles. The fraction of sp³-hybridized carbons (Fsp3) is 0.375. The van der Waals surface area contributed by atoms with Gasteiger partial charge < -0.3 is 4.57 Å². The number of benzene rings is 1. The Kier molecular flexibility index (Phi) is 2.54. The van der Waals surface area contributed by atoms with E-state index in [4.69, 9.17) is 0 Å². The summed E-state index contributed by atoms with van der Waals surface area (Å²) in [6.07, 6.45) is 5.88. The lowest BCUT2D eigenvalue weighted by Crippen LogP contribution is -2.05. The Balaban J connectivity index is 2.18. The molecule has 1 nitrogen and oxygen atoms in total. The first-order chi connectivity index (χ1) is 8.28. The number of hydrogen-bond donors (Lipinski definition) is 0. The van der Waals surface area contributed by atoms with Crippen molar-refractivity contribution in [2.45, 2.75) is 33.1 Å². The van der Waals surface area contributed by atoms with E-state index in [9.17, 15) is 0 Å². The van der Waals surface area contributed by atoms with Crippen LogP contribution in [0, 0.1) is 12.8 Å². The average molecular weight is 225 g/mol. The van der Waals surface area contributed by atoms with Gasteiger partial charge in [0.2, 0.25) is 0 Å². The fourth-order valence-corrected chi connectivity index (χ4v) is 2.90. The van der Waals surface area contributed by atoms with Crippen LogP contribution in [0.15, 0.2) is 36.5 Å². The molecular weight excluding hydrogens is 206 g/mol. The Morgan fingerprint density at radius 3 is 2.94 bits per heavy atom. The maximum Gasteiger partial charge on any atom is 0.0484 e. The first-order valence-corrected chi connectivity index (χ1v) is 6.54. The molecule has 2 aromatic rings. The summed E-state index contributed by atoms with van der Waals surface area (Å²) in [4.78, 5) is 0. The molecule has 0 bridgehead atoms. The summed E-state index contributed by atoms with van der Waals surface area (Å²) in [5.41, 5.74) is 5.71. The second-order valence-corrected chi connectivity index (χ2v) is 5.18. The van der Waals surface area contributed by atoms with Crippen LogP contribution in [0.2, 0.25) is 0 Å². The molecule has 0 spiro atoms. The highest BCUT2D eigenvalue weighted by Crippen LogP contribution is 2.29. The van der Waals surface area contributed by atoms with Crippen LogP contribution >= 0.6 is 0 Å². The summed E-state index contributed by atoms with van der Waals surface area (Å²) in [6.45, 7) is 4.49. The molecule has 1 aromatic carbocycles. The molecule has 0 fully saturated rings. The normalized spacial score (nSPS) is 18.4. The van der Waals surface area contributed by atoms with Gasteiger partial charge in [-0.2, -0.15) is 0 Å². The standard InChI is InChI=1S/C16H19N/c1-3-13-10-14-9-12(2)6-7-16(14)17-8-4-5-15(17)11-13/h4-9,13H,3,10-11H2,1-2H3. The molecule has 0 radical (unpaired) electrons. The van der Waals surface area contributed by atoms with Crippen LogP contribution < -0.4 is 0 Å². The van der Waals surface area contributed by atoms with E-state index in [0.717, 1.165) is 5.92 Å². The number of rotatable bonds is 1. The molecule has 0 saturated heterocycles. The summed E-state index contributed by atoms with van der Waals surface area (Å²) < 4.78 is 2.37. The highest BCUT2D eigenvalue weighted by Gasteiger charge is 2.19. The zero-order valence-corrected chi connectivity index (χ0v) is 10.6. The molecule has 1 heteroatoms. The van der Waals surface area contributed by atoms with Gasteiger partial charge in [0.25, 0.3) is 0 Å². The third-order valence-corrected chi connectivity index (χ3v) is 3.91. The molecule has 0 N–H and O–H groups in total. The van der Waals surface area contributed by atoms with Crippen LogP contribution in [0.3, 0.4) is 0 Å². The molecule has 0 amide bonds. The molecule has 0 saturated carbocycles. The zero-order chi connectivity index (χ0) is 11.8. The Hall–Kier alpha value is -1.50. The van der Waals surface area contributed by atoms with Crippen LogP contribution in [0.25, 0.3) is 5.69 Å². The third kappa shape index (κ3) is 1.80. The Bertz CT molecular complexity index is 536. The van der Waals surface area contributed by atoms with Gasteiger partial charge in [-0.15, -0.1) is 0 Å². The fourth-order valence-electron chi connectivity index (χ4n) is 2.90. The molecule has 1 unspecified atom stereocenters. The molecule has 1 atom stereocenters. The largest absolute Gasteiger partial charge is 0.321 e. The summed E-state index contributed by atoms with van der Waals surface area (Å²) in [5.74, 6) is 0.784. The van der Waals surface area contributed by atoms with E-state index >= 15 is 0 Å². The van der Waals surface area contributed by atoms with Crippen LogP contribution in [0.4, 0.5) is 0 Å². The van der Waals surface area contributed by atoms with Crippen molar-refractivity contribution in [2.24, 2.45) is 5.92 Å². The molecule has 2 heterocycles. The molecule has 17 heavy (non-hydrogen) atoms. The third-order valence-electron chi connectivity index (χ3n) is 3.91. The van der Waals surface area contributed by atoms with Gasteiger partial charge in [0.1, 0.15) is 0 Å². The minimum absolute atomic E-state index is 0.784. The minimum Gasteiger partial charge on any atom is -0.321 e. The predicted molar refractivity (Wildman–Crippen MR) is 71.7 cm³/mol. The van der Waals surface area contributed by atoms with Gasteiger partial charge in [0.05, 0.1) is 0 Å². The molecule has 88 valence electrons. The van der Waals surface area contributed by atoms with Gasteiger partial charge in [-0.05, 0) is 49.4 Å². The smallest absolute Gasteiger partial charge is 0.0484 e. The first kappa shape index (κ1) is 10.6. The first-order valence-electron chi connectivity index (χ1n) is 6.54. The van der Waals surface area contributed by atoms with Crippen molar-refractivity contribution in [3.8, 4) is 5.69 Å². The van der Waals surface area contributed by atoms with E-state index in [2.05, 4.69) is 54.9 Å². The number of aryl methyl sites for hydroxylation is 1. The SMILES string of the molecule is CCC1Cc2cc(C)ccc2-n2cccc2C1. The van der Waals surface area contributed by atoms with E-state index in [0.29, 0.717) is 0 Å². The lowest BCUT2D eigenvalue weighted by atomic mass is 9.93. The highest BCUT2D eigenvalue weighted by atomic mass is 15.0. The van der Waals surface area contributed by atoms with Crippen molar-refractivity contribution in [1.29, 1.82) is 0 Å². The van der Waals surface area contributed by atoms with E-state index in [-0.39, 0.29) is 0 Å². The van der Waals surface area contributed by atoms with Crippen molar-refractivity contribution in [1.82, 2.24) is 4.57 Å². The molecule has 3 rings (SSSR count). The van der Waals surface area contributed by atoms with E-state index in [1.165, 1.54) is 41.8 Å². The minimum atomic E-state index is 0.784. The second-order valence-electron chi connectivity index (χ2n) is 5.18. The topological polar surface area (TPSA) is 4.93 Å². The van der Waals surface area contributed by atoms with Gasteiger partial charge >= 0.3 is 0 Å². The van der Waals surface area contributed by atoms with Crippen molar-refractivity contribution in [3.05, 3.63) is 53.3 Å². The average Bonchev–Trinajstić information content (AvgIpc) is 2.71. The summed E-state index contributed by atoms with van der Waals surface area (Å²) in [7, 11) is 0. The van der Waals surface area contributed by atoms with Crippen molar-refractivity contribution in [3.63, 3.8) is 0 Å². The van der Waals surface area contributed by atoms with Crippen LogP contribution in [-0.4, -0.2) is 4.57 Å². The monoisotopic (exact) mass is 225 g/mol. The second kappa shape index (κ2) is 4.06. The lowest BCUT2D eigenvalue weighted by Gasteiger charge is -2.12. The van der Waals surface area contributed by atoms with Crippen molar-refractivity contribution >= 4 is 0 Å². The van der Waals surface area contributed by atoms with E-state index in [1.807, 2.05) is 0 Å². The van der Waals surface area contributed by atoms with Crippen molar-refractivity contribution < 1.29 is 0 Å². The number of nitrogens with zero attached hydrogens (tertiary/aromatic N) is 1. The predicted octanol–water partition coefficient (Wildman–Crippen LogP) is 3.91. The van der Waals surface area contributed by atoms with E-state index in [1.54, 1.807) is 0 Å². The molecule has 1 aliphatic rings. The maximum atomic E-state index is 2.37. The van der Waals surface area contributed by atoms with Gasteiger partial charge in [0.15, 0.2) is 0 Å². The van der Waals surface area contributed by atoms with Gasteiger partial charge in [-0.3, -0.25) is 0 Å². The number of fused-ring (bicyclic) bond motifs is 3. The maximum absolute atomic E-state index is 2.37.